The van der Waals surface area contributed by atoms with E-state index in [0.29, 0.717) is 0 Å². The molecule has 0 amide bonds. The maximum absolute atomic E-state index is 10.5. The summed E-state index contributed by atoms with van der Waals surface area (Å²) in [5.41, 5.74) is 0. The predicted octanol–water partition coefficient (Wildman–Crippen LogP) is 1.50. The maximum Gasteiger partial charge on any atom is 1.00 e. The van der Waals surface area contributed by atoms with Crippen LogP contribution in [0.1, 0.15) is 84.0 Å². The first-order chi connectivity index (χ1) is 9.06. The van der Waals surface area contributed by atoms with Gasteiger partial charge in [0.25, 0.3) is 0 Å². The van der Waals surface area contributed by atoms with Crippen molar-refractivity contribution in [1.29, 1.82) is 0 Å². The molecule has 0 aliphatic heterocycles. The fourth-order valence-electron chi connectivity index (χ4n) is 2.10. The summed E-state index contributed by atoms with van der Waals surface area (Å²) in [5, 5.41) is 0. The van der Waals surface area contributed by atoms with Gasteiger partial charge < -0.3 is 11.7 Å². The van der Waals surface area contributed by atoms with Crippen molar-refractivity contribution in [3.63, 3.8) is 0 Å². The predicted molar refractivity (Wildman–Crippen MR) is 83.3 cm³/mol. The van der Waals surface area contributed by atoms with Crippen LogP contribution in [-0.4, -0.2) is 15.0 Å². The summed E-state index contributed by atoms with van der Waals surface area (Å²) in [6.45, 7) is 2.48. The van der Waals surface area contributed by atoms with Crippen LogP contribution in [0, 0.1) is 0 Å². The normalized spacial score (nSPS) is 11.3. The minimum absolute atomic E-state index is 0. The molecule has 0 aromatic heterocycles. The standard InChI is InChI=1S/C14H30O3S2.Na/c1-2-3-4-5-6-7-8-9-10-11-12-13-14-17-19(15,16)18;/h2-14H2,1H3,(H,15,16,18);/q;+1/p-1. The minimum Gasteiger partial charge on any atom is -0.619 e. The zero-order valence-electron chi connectivity index (χ0n) is 13.2. The molecule has 0 fully saturated rings. The number of hydrogen-bond acceptors (Lipinski definition) is 4. The molecule has 0 spiro atoms. The van der Waals surface area contributed by atoms with Crippen molar-refractivity contribution >= 4 is 20.8 Å². The average Bonchev–Trinajstić information content (AvgIpc) is 2.34. The molecule has 0 aliphatic carbocycles. The third-order valence-electron chi connectivity index (χ3n) is 3.23. The van der Waals surface area contributed by atoms with Crippen LogP contribution >= 0.6 is 0 Å². The summed E-state index contributed by atoms with van der Waals surface area (Å²) in [5.74, 6) is 0. The summed E-state index contributed by atoms with van der Waals surface area (Å²) in [4.78, 5) is 0. The zero-order valence-corrected chi connectivity index (χ0v) is 16.9. The van der Waals surface area contributed by atoms with E-state index in [1.165, 1.54) is 57.8 Å². The molecular weight excluding hydrogens is 303 g/mol. The Morgan fingerprint density at radius 1 is 0.750 bits per heavy atom. The smallest absolute Gasteiger partial charge is 0.619 e. The van der Waals surface area contributed by atoms with E-state index in [2.05, 4.69) is 22.8 Å². The Morgan fingerprint density at radius 2 is 1.10 bits per heavy atom. The van der Waals surface area contributed by atoms with Gasteiger partial charge in [0.2, 0.25) is 0 Å². The van der Waals surface area contributed by atoms with Crippen LogP contribution in [0.2, 0.25) is 0 Å². The van der Waals surface area contributed by atoms with E-state index < -0.39 is 9.15 Å². The SMILES string of the molecule is CCCCCCCCCCCCCCOS(=O)(=O)[S-].[Na+]. The Morgan fingerprint density at radius 3 is 1.45 bits per heavy atom. The molecule has 0 atom stereocenters. The van der Waals surface area contributed by atoms with E-state index in [0.717, 1.165) is 19.3 Å². The van der Waals surface area contributed by atoms with E-state index in [9.17, 15) is 8.42 Å². The van der Waals surface area contributed by atoms with Crippen molar-refractivity contribution in [3.05, 3.63) is 0 Å². The van der Waals surface area contributed by atoms with E-state index >= 15 is 0 Å². The van der Waals surface area contributed by atoms with Crippen LogP contribution < -0.4 is 29.6 Å². The second-order valence-electron chi connectivity index (χ2n) is 5.12. The molecule has 0 aliphatic rings. The van der Waals surface area contributed by atoms with E-state index in [-0.39, 0.29) is 36.2 Å². The maximum atomic E-state index is 10.5. The first-order valence-corrected chi connectivity index (χ1v) is 10.00. The van der Waals surface area contributed by atoms with Crippen molar-refractivity contribution in [1.82, 2.24) is 0 Å². The Kier molecular flexibility index (Phi) is 19.6. The van der Waals surface area contributed by atoms with Crippen LogP contribution in [0.25, 0.3) is 0 Å². The molecule has 0 N–H and O–H groups in total. The summed E-state index contributed by atoms with van der Waals surface area (Å²) < 4.78 is 25.6. The van der Waals surface area contributed by atoms with Gasteiger partial charge in [-0.2, -0.15) is 0 Å². The molecule has 0 aromatic rings. The van der Waals surface area contributed by atoms with Crippen LogP contribution in [-0.2, 0) is 25.0 Å². The van der Waals surface area contributed by atoms with E-state index in [4.69, 9.17) is 0 Å². The number of unbranched alkanes of at least 4 members (excludes halogenated alkanes) is 11. The van der Waals surface area contributed by atoms with Crippen molar-refractivity contribution < 1.29 is 42.2 Å². The zero-order chi connectivity index (χ0) is 14.4. The van der Waals surface area contributed by atoms with Crippen LogP contribution in [0.3, 0.4) is 0 Å². The molecule has 0 bridgehead atoms. The Balaban J connectivity index is 0. The molecule has 0 saturated heterocycles. The van der Waals surface area contributed by atoms with Crippen LogP contribution in [0.5, 0.6) is 0 Å². The molecule has 0 saturated carbocycles. The fraction of sp³-hybridized carbons (Fsp3) is 1.00. The molecule has 0 rings (SSSR count). The molecule has 0 unspecified atom stereocenters. The van der Waals surface area contributed by atoms with Gasteiger partial charge in [0, 0.05) is 0 Å². The monoisotopic (exact) mass is 332 g/mol. The second kappa shape index (κ2) is 16.6. The Hall–Kier alpha value is 1.26. The Bertz CT molecular complexity index is 282. The molecule has 0 radical (unpaired) electrons. The van der Waals surface area contributed by atoms with Gasteiger partial charge in [-0.05, 0) is 6.42 Å². The van der Waals surface area contributed by atoms with Gasteiger partial charge in [-0.25, -0.2) is 8.42 Å². The third-order valence-corrected chi connectivity index (χ3v) is 3.97. The molecular formula is C14H29NaO3S2. The van der Waals surface area contributed by atoms with Gasteiger partial charge in [0.05, 0.1) is 6.61 Å². The number of hydrogen-bond donors (Lipinski definition) is 0. The number of rotatable bonds is 14. The average molecular weight is 333 g/mol. The van der Waals surface area contributed by atoms with Crippen molar-refractivity contribution in [3.8, 4) is 0 Å². The molecule has 6 heteroatoms. The van der Waals surface area contributed by atoms with Gasteiger partial charge >= 0.3 is 29.6 Å². The minimum atomic E-state index is -3.66. The van der Waals surface area contributed by atoms with Gasteiger partial charge in [-0.15, -0.1) is 0 Å². The third kappa shape index (κ3) is 21.6. The van der Waals surface area contributed by atoms with Crippen LogP contribution in [0.4, 0.5) is 0 Å². The quantitative estimate of drug-likeness (QED) is 0.209. The first-order valence-electron chi connectivity index (χ1n) is 7.66. The van der Waals surface area contributed by atoms with Gasteiger partial charge in [0.15, 0.2) is 0 Å². The Labute approximate surface area is 152 Å². The molecule has 3 nitrogen and oxygen atoms in total. The van der Waals surface area contributed by atoms with Gasteiger partial charge in [-0.3, -0.25) is 4.18 Å². The largest absolute Gasteiger partial charge is 1.00 e. The summed E-state index contributed by atoms with van der Waals surface area (Å²) in [6, 6.07) is 0. The summed E-state index contributed by atoms with van der Waals surface area (Å²) in [6.07, 6.45) is 15.1. The topological polar surface area (TPSA) is 43.4 Å². The fourth-order valence-corrected chi connectivity index (χ4v) is 2.63. The van der Waals surface area contributed by atoms with Gasteiger partial charge in [-0.1, -0.05) is 77.6 Å². The van der Waals surface area contributed by atoms with Crippen molar-refractivity contribution in [2.24, 2.45) is 0 Å². The van der Waals surface area contributed by atoms with Crippen LogP contribution in [0.15, 0.2) is 0 Å². The molecule has 0 heterocycles. The first kappa shape index (κ1) is 23.5. The second-order valence-corrected chi connectivity index (χ2v) is 7.40. The van der Waals surface area contributed by atoms with Crippen molar-refractivity contribution in [2.45, 2.75) is 84.0 Å². The van der Waals surface area contributed by atoms with E-state index in [1.54, 1.807) is 0 Å². The molecule has 0 aromatic carbocycles. The summed E-state index contributed by atoms with van der Waals surface area (Å²) >= 11 is 4.12. The molecule has 20 heavy (non-hydrogen) atoms. The van der Waals surface area contributed by atoms with Gasteiger partial charge in [0.1, 0.15) is 9.15 Å². The molecule has 116 valence electrons. The van der Waals surface area contributed by atoms with Crippen molar-refractivity contribution in [2.75, 3.05) is 6.61 Å². The van der Waals surface area contributed by atoms with E-state index in [1.807, 2.05) is 0 Å². The summed E-state index contributed by atoms with van der Waals surface area (Å²) in [7, 11) is -3.66.